The molecule has 0 aliphatic carbocycles. The van der Waals surface area contributed by atoms with E-state index in [0.717, 1.165) is 10.8 Å². The summed E-state index contributed by atoms with van der Waals surface area (Å²) in [5, 5.41) is 6.97. The Balaban J connectivity index is 1.84. The van der Waals surface area contributed by atoms with Crippen LogP contribution >= 0.6 is 0 Å². The summed E-state index contributed by atoms with van der Waals surface area (Å²) in [5.74, 6) is -0.701. The Kier molecular flexibility index (Phi) is 6.56. The van der Waals surface area contributed by atoms with E-state index in [-0.39, 0.29) is 35.9 Å². The highest BCUT2D eigenvalue weighted by Crippen LogP contribution is 2.18. The van der Waals surface area contributed by atoms with Crippen molar-refractivity contribution < 1.29 is 18.0 Å². The van der Waals surface area contributed by atoms with Gasteiger partial charge in [-0.05, 0) is 43.7 Å². The zero-order chi connectivity index (χ0) is 20.1. The molecule has 0 atom stereocenters. The second-order valence-electron chi connectivity index (χ2n) is 7.23. The van der Waals surface area contributed by atoms with Crippen LogP contribution in [0, 0.1) is 0 Å². The molecule has 0 saturated heterocycles. The summed E-state index contributed by atoms with van der Waals surface area (Å²) in [4.78, 5) is 23.6. The van der Waals surface area contributed by atoms with Crippen molar-refractivity contribution in [2.75, 3.05) is 13.1 Å². The Morgan fingerprint density at radius 2 is 1.63 bits per heavy atom. The standard InChI is InChI=1S/C19H25N3O4S/c1-19(2,3)22-18(24)13-20-17(23)10-11-21-27(25,26)16-9-8-14-6-4-5-7-15(14)12-16/h4-9,12,21H,10-11,13H2,1-3H3,(H,20,23)(H,22,24). The first-order valence-corrected chi connectivity index (χ1v) is 10.1. The van der Waals surface area contributed by atoms with Crippen LogP contribution in [-0.4, -0.2) is 38.9 Å². The molecule has 0 saturated carbocycles. The van der Waals surface area contributed by atoms with Crippen LogP contribution in [0.15, 0.2) is 47.4 Å². The Hall–Kier alpha value is -2.45. The molecule has 0 aliphatic rings. The summed E-state index contributed by atoms with van der Waals surface area (Å²) >= 11 is 0. The average Bonchev–Trinajstić information content (AvgIpc) is 2.58. The molecular weight excluding hydrogens is 366 g/mol. The third-order valence-corrected chi connectivity index (χ3v) is 5.09. The van der Waals surface area contributed by atoms with Gasteiger partial charge in [-0.25, -0.2) is 13.1 Å². The minimum Gasteiger partial charge on any atom is -0.350 e. The van der Waals surface area contributed by atoms with Crippen LogP contribution < -0.4 is 15.4 Å². The van der Waals surface area contributed by atoms with Crippen molar-refractivity contribution in [3.05, 3.63) is 42.5 Å². The number of benzene rings is 2. The number of hydrogen-bond acceptors (Lipinski definition) is 4. The molecule has 27 heavy (non-hydrogen) atoms. The summed E-state index contributed by atoms with van der Waals surface area (Å²) < 4.78 is 27.2. The van der Waals surface area contributed by atoms with E-state index in [4.69, 9.17) is 0 Å². The van der Waals surface area contributed by atoms with Crippen LogP contribution in [0.4, 0.5) is 0 Å². The van der Waals surface area contributed by atoms with E-state index in [1.54, 1.807) is 12.1 Å². The summed E-state index contributed by atoms with van der Waals surface area (Å²) in [5.41, 5.74) is -0.378. The lowest BCUT2D eigenvalue weighted by molar-refractivity contribution is -0.126. The molecule has 0 radical (unpaired) electrons. The van der Waals surface area contributed by atoms with E-state index in [1.807, 2.05) is 45.0 Å². The third kappa shape index (κ3) is 6.65. The highest BCUT2D eigenvalue weighted by atomic mass is 32.2. The number of hydrogen-bond donors (Lipinski definition) is 3. The van der Waals surface area contributed by atoms with Gasteiger partial charge in [0.1, 0.15) is 0 Å². The molecule has 7 nitrogen and oxygen atoms in total. The van der Waals surface area contributed by atoms with Crippen molar-refractivity contribution in [3.63, 3.8) is 0 Å². The largest absolute Gasteiger partial charge is 0.350 e. The normalized spacial score (nSPS) is 12.0. The zero-order valence-corrected chi connectivity index (χ0v) is 16.5. The van der Waals surface area contributed by atoms with Crippen LogP contribution in [0.25, 0.3) is 10.8 Å². The molecule has 0 fully saturated rings. The lowest BCUT2D eigenvalue weighted by Gasteiger charge is -2.20. The maximum absolute atomic E-state index is 12.4. The number of fused-ring (bicyclic) bond motifs is 1. The molecule has 2 rings (SSSR count). The number of sulfonamides is 1. The van der Waals surface area contributed by atoms with E-state index in [9.17, 15) is 18.0 Å². The van der Waals surface area contributed by atoms with E-state index in [1.165, 1.54) is 6.07 Å². The van der Waals surface area contributed by atoms with Gasteiger partial charge in [-0.3, -0.25) is 9.59 Å². The molecule has 0 heterocycles. The molecule has 3 N–H and O–H groups in total. The van der Waals surface area contributed by atoms with Gasteiger partial charge in [0.05, 0.1) is 11.4 Å². The second-order valence-corrected chi connectivity index (χ2v) is 9.00. The van der Waals surface area contributed by atoms with Crippen molar-refractivity contribution in [1.29, 1.82) is 0 Å². The van der Waals surface area contributed by atoms with Crippen molar-refractivity contribution >= 4 is 32.6 Å². The first kappa shape index (κ1) is 20.9. The van der Waals surface area contributed by atoms with Crippen LogP contribution in [0.2, 0.25) is 0 Å². The van der Waals surface area contributed by atoms with Crippen molar-refractivity contribution in [1.82, 2.24) is 15.4 Å². The molecular formula is C19H25N3O4S. The Morgan fingerprint density at radius 1 is 0.963 bits per heavy atom. The van der Waals surface area contributed by atoms with Gasteiger partial charge in [-0.2, -0.15) is 0 Å². The summed E-state index contributed by atoms with van der Waals surface area (Å²) in [6, 6.07) is 12.3. The first-order valence-electron chi connectivity index (χ1n) is 8.63. The summed E-state index contributed by atoms with van der Waals surface area (Å²) in [7, 11) is -3.71. The lowest BCUT2D eigenvalue weighted by Crippen LogP contribution is -2.46. The van der Waals surface area contributed by atoms with Crippen LogP contribution in [0.3, 0.4) is 0 Å². The molecule has 8 heteroatoms. The molecule has 146 valence electrons. The lowest BCUT2D eigenvalue weighted by atomic mass is 10.1. The molecule has 2 aromatic rings. The van der Waals surface area contributed by atoms with Gasteiger partial charge in [-0.1, -0.05) is 30.3 Å². The minimum absolute atomic E-state index is 0.0537. The zero-order valence-electron chi connectivity index (χ0n) is 15.7. The number of amides is 2. The topological polar surface area (TPSA) is 104 Å². The second kappa shape index (κ2) is 8.49. The van der Waals surface area contributed by atoms with E-state index in [2.05, 4.69) is 15.4 Å². The van der Waals surface area contributed by atoms with E-state index < -0.39 is 15.9 Å². The number of carbonyl (C=O) groups excluding carboxylic acids is 2. The quantitative estimate of drug-likeness (QED) is 0.666. The fourth-order valence-corrected chi connectivity index (χ4v) is 3.51. The molecule has 2 aromatic carbocycles. The summed E-state index contributed by atoms with van der Waals surface area (Å²) in [6.45, 7) is 5.33. The number of carbonyl (C=O) groups is 2. The first-order chi connectivity index (χ1) is 12.6. The maximum atomic E-state index is 12.4. The Bertz CT molecular complexity index is 933. The SMILES string of the molecule is CC(C)(C)NC(=O)CNC(=O)CCNS(=O)(=O)c1ccc2ccccc2c1. The average molecular weight is 391 g/mol. The van der Waals surface area contributed by atoms with Crippen molar-refractivity contribution in [2.24, 2.45) is 0 Å². The van der Waals surface area contributed by atoms with Gasteiger partial charge in [0.15, 0.2) is 0 Å². The van der Waals surface area contributed by atoms with Gasteiger partial charge >= 0.3 is 0 Å². The monoisotopic (exact) mass is 391 g/mol. The van der Waals surface area contributed by atoms with Gasteiger partial charge in [0.2, 0.25) is 21.8 Å². The minimum atomic E-state index is -3.71. The Morgan fingerprint density at radius 3 is 2.30 bits per heavy atom. The molecule has 0 unspecified atom stereocenters. The van der Waals surface area contributed by atoms with Crippen LogP contribution in [-0.2, 0) is 19.6 Å². The molecule has 0 bridgehead atoms. The molecule has 0 aromatic heterocycles. The van der Waals surface area contributed by atoms with Crippen LogP contribution in [0.5, 0.6) is 0 Å². The maximum Gasteiger partial charge on any atom is 0.240 e. The van der Waals surface area contributed by atoms with E-state index >= 15 is 0 Å². The van der Waals surface area contributed by atoms with Crippen LogP contribution in [0.1, 0.15) is 27.2 Å². The highest BCUT2D eigenvalue weighted by Gasteiger charge is 2.16. The molecule has 0 spiro atoms. The molecule has 0 aliphatic heterocycles. The predicted molar refractivity (Wildman–Crippen MR) is 105 cm³/mol. The number of rotatable bonds is 7. The fourth-order valence-electron chi connectivity index (χ4n) is 2.45. The van der Waals surface area contributed by atoms with Gasteiger partial charge in [-0.15, -0.1) is 0 Å². The van der Waals surface area contributed by atoms with Gasteiger partial charge < -0.3 is 10.6 Å². The molecule has 2 amide bonds. The Labute approximate surface area is 159 Å². The highest BCUT2D eigenvalue weighted by molar-refractivity contribution is 7.89. The van der Waals surface area contributed by atoms with Gasteiger partial charge in [0.25, 0.3) is 0 Å². The summed E-state index contributed by atoms with van der Waals surface area (Å²) in [6.07, 6.45) is -0.0599. The van der Waals surface area contributed by atoms with Gasteiger partial charge in [0, 0.05) is 18.5 Å². The van der Waals surface area contributed by atoms with E-state index in [0.29, 0.717) is 0 Å². The van der Waals surface area contributed by atoms with Crippen molar-refractivity contribution in [2.45, 2.75) is 37.6 Å². The predicted octanol–water partition coefficient (Wildman–Crippen LogP) is 1.54. The fraction of sp³-hybridized carbons (Fsp3) is 0.368. The number of nitrogens with one attached hydrogen (secondary N) is 3. The smallest absolute Gasteiger partial charge is 0.240 e. The van der Waals surface area contributed by atoms with Crippen molar-refractivity contribution in [3.8, 4) is 0 Å². The third-order valence-electron chi connectivity index (χ3n) is 3.64.